The summed E-state index contributed by atoms with van der Waals surface area (Å²) in [6, 6.07) is 56.6. The van der Waals surface area contributed by atoms with Crippen molar-refractivity contribution in [3.63, 3.8) is 0 Å². The van der Waals surface area contributed by atoms with E-state index in [-0.39, 0.29) is 0 Å². The van der Waals surface area contributed by atoms with Crippen molar-refractivity contribution in [3.8, 4) is 22.3 Å². The zero-order valence-electron chi connectivity index (χ0n) is 25.8. The first-order valence-electron chi connectivity index (χ1n) is 16.4. The van der Waals surface area contributed by atoms with Crippen LogP contribution in [0.2, 0.25) is 0 Å². The van der Waals surface area contributed by atoms with E-state index in [0.29, 0.717) is 0 Å². The maximum absolute atomic E-state index is 6.65. The first kappa shape index (κ1) is 25.8. The minimum Gasteiger partial charge on any atom is -0.456 e. The van der Waals surface area contributed by atoms with Crippen LogP contribution in [0.1, 0.15) is 0 Å². The minimum atomic E-state index is 0.901. The van der Waals surface area contributed by atoms with E-state index in [1.165, 1.54) is 54.4 Å². The number of hydrogen-bond acceptors (Lipinski definition) is 2. The molecule has 0 saturated carbocycles. The van der Waals surface area contributed by atoms with Gasteiger partial charge in [-0.1, -0.05) is 121 Å². The molecule has 2 heterocycles. The van der Waals surface area contributed by atoms with E-state index in [2.05, 4.69) is 158 Å². The summed E-state index contributed by atoms with van der Waals surface area (Å²) in [6.07, 6.45) is 0. The molecule has 11 aromatic rings. The smallest absolute Gasteiger partial charge is 0.143 e. The highest BCUT2D eigenvalue weighted by atomic mass is 16.3. The molecule has 2 heteroatoms. The fourth-order valence-electron chi connectivity index (χ4n) is 8.11. The van der Waals surface area contributed by atoms with Crippen LogP contribution in [-0.2, 0) is 0 Å². The molecular weight excluding hydrogens is 585 g/mol. The highest BCUT2D eigenvalue weighted by molar-refractivity contribution is 6.26. The van der Waals surface area contributed by atoms with Crippen LogP contribution in [0.15, 0.2) is 167 Å². The third-order valence-corrected chi connectivity index (χ3v) is 10.2. The van der Waals surface area contributed by atoms with Gasteiger partial charge in [0.1, 0.15) is 22.3 Å². The Morgan fingerprint density at radius 3 is 1.67 bits per heavy atom. The van der Waals surface area contributed by atoms with E-state index in [4.69, 9.17) is 8.83 Å². The van der Waals surface area contributed by atoms with Gasteiger partial charge in [-0.05, 0) is 96.4 Å². The molecule has 0 aliphatic heterocycles. The van der Waals surface area contributed by atoms with Gasteiger partial charge in [0.2, 0.25) is 0 Å². The normalized spacial score (nSPS) is 12.2. The largest absolute Gasteiger partial charge is 0.456 e. The zero-order valence-corrected chi connectivity index (χ0v) is 25.8. The fourth-order valence-corrected chi connectivity index (χ4v) is 8.11. The molecule has 0 saturated heterocycles. The van der Waals surface area contributed by atoms with Crippen molar-refractivity contribution in [2.75, 3.05) is 0 Å². The molecule has 0 unspecified atom stereocenters. The van der Waals surface area contributed by atoms with Gasteiger partial charge in [0.15, 0.2) is 0 Å². The molecule has 0 N–H and O–H groups in total. The van der Waals surface area contributed by atoms with Crippen LogP contribution in [0.3, 0.4) is 0 Å². The van der Waals surface area contributed by atoms with Gasteiger partial charge in [-0.15, -0.1) is 0 Å². The summed E-state index contributed by atoms with van der Waals surface area (Å²) in [6.45, 7) is 0. The number of rotatable bonds is 2. The summed E-state index contributed by atoms with van der Waals surface area (Å²) < 4.78 is 13.2. The number of hydrogen-bond donors (Lipinski definition) is 0. The van der Waals surface area contributed by atoms with Crippen molar-refractivity contribution in [3.05, 3.63) is 158 Å². The number of furan rings is 2. The Kier molecular flexibility index (Phi) is 5.14. The molecule has 0 atom stereocenters. The van der Waals surface area contributed by atoms with Crippen molar-refractivity contribution in [1.29, 1.82) is 0 Å². The van der Waals surface area contributed by atoms with Crippen molar-refractivity contribution in [2.24, 2.45) is 0 Å². The van der Waals surface area contributed by atoms with Crippen LogP contribution >= 0.6 is 0 Å². The van der Waals surface area contributed by atoms with E-state index in [0.717, 1.165) is 54.8 Å². The summed E-state index contributed by atoms with van der Waals surface area (Å²) in [5.74, 6) is 0. The Balaban J connectivity index is 1.22. The third-order valence-electron chi connectivity index (χ3n) is 10.2. The minimum absolute atomic E-state index is 0.901. The van der Waals surface area contributed by atoms with Crippen molar-refractivity contribution < 1.29 is 8.83 Å². The molecule has 48 heavy (non-hydrogen) atoms. The monoisotopic (exact) mass is 610 g/mol. The van der Waals surface area contributed by atoms with Gasteiger partial charge in [0, 0.05) is 26.9 Å². The lowest BCUT2D eigenvalue weighted by molar-refractivity contribution is 0.669. The highest BCUT2D eigenvalue weighted by Crippen LogP contribution is 2.48. The summed E-state index contributed by atoms with van der Waals surface area (Å²) in [5, 5.41) is 14.1. The van der Waals surface area contributed by atoms with Gasteiger partial charge in [-0.25, -0.2) is 0 Å². The van der Waals surface area contributed by atoms with E-state index in [9.17, 15) is 0 Å². The first-order chi connectivity index (χ1) is 23.8. The van der Waals surface area contributed by atoms with Gasteiger partial charge in [0.05, 0.1) is 0 Å². The Morgan fingerprint density at radius 2 is 0.917 bits per heavy atom. The first-order valence-corrected chi connectivity index (χ1v) is 16.4. The molecule has 0 aliphatic carbocycles. The fraction of sp³-hybridized carbons (Fsp3) is 0. The van der Waals surface area contributed by atoms with Gasteiger partial charge in [0.25, 0.3) is 0 Å². The van der Waals surface area contributed by atoms with Crippen molar-refractivity contribution >= 4 is 87.0 Å². The van der Waals surface area contributed by atoms with E-state index >= 15 is 0 Å². The summed E-state index contributed by atoms with van der Waals surface area (Å²) in [5.41, 5.74) is 8.42. The van der Waals surface area contributed by atoms with E-state index in [1.54, 1.807) is 0 Å². The van der Waals surface area contributed by atoms with Gasteiger partial charge in [-0.2, -0.15) is 0 Å². The summed E-state index contributed by atoms with van der Waals surface area (Å²) in [4.78, 5) is 0. The molecule has 2 nitrogen and oxygen atoms in total. The molecule has 0 aliphatic rings. The number of benzene rings is 9. The van der Waals surface area contributed by atoms with Crippen LogP contribution in [0.5, 0.6) is 0 Å². The molecule has 0 amide bonds. The second-order valence-electron chi connectivity index (χ2n) is 12.8. The van der Waals surface area contributed by atoms with Crippen molar-refractivity contribution in [2.45, 2.75) is 0 Å². The van der Waals surface area contributed by atoms with Gasteiger partial charge in [-0.3, -0.25) is 0 Å². The molecule has 9 aromatic carbocycles. The SMILES string of the molecule is c1ccc2cc3c(cc2c1)oc1cccc(-c2c4ccccc4c(-c4ccc5c(c4)oc4c6ccccc6ccc54)c4ccccc24)c13. The molecule has 2 aromatic heterocycles. The molecule has 0 fully saturated rings. The Hall–Kier alpha value is -6.38. The molecule has 0 bridgehead atoms. The maximum atomic E-state index is 6.65. The van der Waals surface area contributed by atoms with Crippen LogP contribution in [0.25, 0.3) is 109 Å². The Bertz CT molecular complexity index is 3060. The second-order valence-corrected chi connectivity index (χ2v) is 12.8. The van der Waals surface area contributed by atoms with Crippen LogP contribution in [-0.4, -0.2) is 0 Å². The lowest BCUT2D eigenvalue weighted by Crippen LogP contribution is -1.91. The molecule has 222 valence electrons. The summed E-state index contributed by atoms with van der Waals surface area (Å²) >= 11 is 0. The molecule has 11 rings (SSSR count). The predicted octanol–water partition coefficient (Wildman–Crippen LogP) is 13.4. The van der Waals surface area contributed by atoms with Crippen LogP contribution in [0, 0.1) is 0 Å². The van der Waals surface area contributed by atoms with Gasteiger partial charge >= 0.3 is 0 Å². The maximum Gasteiger partial charge on any atom is 0.143 e. The lowest BCUT2D eigenvalue weighted by atomic mass is 9.85. The highest BCUT2D eigenvalue weighted by Gasteiger charge is 2.21. The Labute approximate surface area is 275 Å². The average Bonchev–Trinajstić information content (AvgIpc) is 3.70. The van der Waals surface area contributed by atoms with Crippen LogP contribution < -0.4 is 0 Å². The zero-order chi connectivity index (χ0) is 31.3. The predicted molar refractivity (Wildman–Crippen MR) is 202 cm³/mol. The summed E-state index contributed by atoms with van der Waals surface area (Å²) in [7, 11) is 0. The molecule has 0 radical (unpaired) electrons. The topological polar surface area (TPSA) is 26.3 Å². The van der Waals surface area contributed by atoms with Gasteiger partial charge < -0.3 is 8.83 Å². The lowest BCUT2D eigenvalue weighted by Gasteiger charge is -2.18. The number of fused-ring (bicyclic) bond motifs is 11. The third kappa shape index (κ3) is 3.52. The average molecular weight is 611 g/mol. The molecular formula is C46H26O2. The standard InChI is InChI=1S/C46H26O2/c1-2-12-29-25-42-39(24-28(29)11-1)45-38(18-9-19-40(45)47-42)44-35-16-7-5-14-33(35)43(34-15-6-8-17-36(34)44)30-21-22-32-37-23-20-27-10-3-4-13-31(27)46(37)48-41(32)26-30/h1-26H. The van der Waals surface area contributed by atoms with Crippen molar-refractivity contribution in [1.82, 2.24) is 0 Å². The Morgan fingerprint density at radius 1 is 0.312 bits per heavy atom. The quantitative estimate of drug-likeness (QED) is 0.182. The van der Waals surface area contributed by atoms with E-state index < -0.39 is 0 Å². The van der Waals surface area contributed by atoms with Crippen LogP contribution in [0.4, 0.5) is 0 Å². The second kappa shape index (κ2) is 9.57. The molecule has 0 spiro atoms. The van der Waals surface area contributed by atoms with E-state index in [1.807, 2.05) is 0 Å².